The Morgan fingerprint density at radius 3 is 2.36 bits per heavy atom. The van der Waals surface area contributed by atoms with Crippen molar-refractivity contribution in [2.75, 3.05) is 19.5 Å². The molecule has 0 saturated carbocycles. The first-order valence-electron chi connectivity index (χ1n) is 8.65. The molecule has 1 N–H and O–H groups in total. The third kappa shape index (κ3) is 3.68. The third-order valence-electron chi connectivity index (χ3n) is 4.38. The summed E-state index contributed by atoms with van der Waals surface area (Å²) >= 11 is 1.39. The van der Waals surface area contributed by atoms with Crippen LogP contribution in [-0.4, -0.2) is 25.1 Å². The van der Waals surface area contributed by atoms with Gasteiger partial charge in [0.05, 0.1) is 19.9 Å². The largest absolute Gasteiger partial charge is 0.497 e. The van der Waals surface area contributed by atoms with Gasteiger partial charge in [0.15, 0.2) is 5.13 Å². The molecule has 0 unspecified atom stereocenters. The molecular formula is C22H18N2O3S. The van der Waals surface area contributed by atoms with E-state index in [9.17, 15) is 4.79 Å². The summed E-state index contributed by atoms with van der Waals surface area (Å²) in [6, 6.07) is 19.4. The van der Waals surface area contributed by atoms with E-state index in [-0.39, 0.29) is 5.91 Å². The minimum Gasteiger partial charge on any atom is -0.497 e. The fraction of sp³-hybridized carbons (Fsp3) is 0.0909. The summed E-state index contributed by atoms with van der Waals surface area (Å²) in [5, 5.41) is 7.66. The Hall–Kier alpha value is -3.38. The van der Waals surface area contributed by atoms with Gasteiger partial charge in [-0.05, 0) is 29.0 Å². The maximum Gasteiger partial charge on any atom is 0.257 e. The Bertz CT molecular complexity index is 1130. The van der Waals surface area contributed by atoms with Gasteiger partial charge in [-0.3, -0.25) is 10.1 Å². The van der Waals surface area contributed by atoms with Crippen molar-refractivity contribution in [3.8, 4) is 22.8 Å². The maximum absolute atomic E-state index is 12.6. The number of carbonyl (C=O) groups is 1. The van der Waals surface area contributed by atoms with Gasteiger partial charge in [0.1, 0.15) is 11.5 Å². The molecule has 140 valence electrons. The van der Waals surface area contributed by atoms with E-state index in [2.05, 4.69) is 34.6 Å². The average Bonchev–Trinajstić information content (AvgIpc) is 3.21. The van der Waals surface area contributed by atoms with Gasteiger partial charge in [0, 0.05) is 22.6 Å². The number of carbonyl (C=O) groups excluding carboxylic acids is 1. The number of methoxy groups -OCH3 is 2. The zero-order valence-electron chi connectivity index (χ0n) is 15.4. The summed E-state index contributed by atoms with van der Waals surface area (Å²) in [7, 11) is 3.10. The van der Waals surface area contributed by atoms with Crippen molar-refractivity contribution in [2.45, 2.75) is 0 Å². The van der Waals surface area contributed by atoms with Gasteiger partial charge in [-0.15, -0.1) is 11.3 Å². The van der Waals surface area contributed by atoms with Crippen LogP contribution in [0, 0.1) is 0 Å². The lowest BCUT2D eigenvalue weighted by Gasteiger charge is -2.08. The first-order valence-corrected chi connectivity index (χ1v) is 9.53. The fourth-order valence-corrected chi connectivity index (χ4v) is 3.63. The van der Waals surface area contributed by atoms with Crippen molar-refractivity contribution in [3.05, 3.63) is 71.6 Å². The zero-order chi connectivity index (χ0) is 19.5. The van der Waals surface area contributed by atoms with Crippen molar-refractivity contribution in [3.63, 3.8) is 0 Å². The highest BCUT2D eigenvalue weighted by Gasteiger charge is 2.13. The summed E-state index contributed by atoms with van der Waals surface area (Å²) in [6.45, 7) is 0. The summed E-state index contributed by atoms with van der Waals surface area (Å²) in [6.07, 6.45) is 0. The summed E-state index contributed by atoms with van der Waals surface area (Å²) in [5.41, 5.74) is 2.28. The molecule has 3 aromatic carbocycles. The lowest BCUT2D eigenvalue weighted by molar-refractivity contribution is 0.102. The zero-order valence-corrected chi connectivity index (χ0v) is 16.2. The lowest BCUT2D eigenvalue weighted by atomic mass is 10.1. The van der Waals surface area contributed by atoms with E-state index in [0.717, 1.165) is 16.6 Å². The number of nitrogens with zero attached hydrogens (tertiary/aromatic N) is 1. The molecule has 5 nitrogen and oxygen atoms in total. The van der Waals surface area contributed by atoms with Crippen LogP contribution in [0.15, 0.2) is 66.0 Å². The van der Waals surface area contributed by atoms with Crippen LogP contribution in [0.2, 0.25) is 0 Å². The highest BCUT2D eigenvalue weighted by molar-refractivity contribution is 7.14. The quantitative estimate of drug-likeness (QED) is 0.507. The van der Waals surface area contributed by atoms with Gasteiger partial charge >= 0.3 is 0 Å². The SMILES string of the molecule is COc1cc(OC)cc(C(=O)Nc2nc(-c3ccc4ccccc4c3)cs2)c1. The van der Waals surface area contributed by atoms with Crippen molar-refractivity contribution < 1.29 is 14.3 Å². The maximum atomic E-state index is 12.6. The van der Waals surface area contributed by atoms with Gasteiger partial charge in [-0.1, -0.05) is 36.4 Å². The van der Waals surface area contributed by atoms with Gasteiger partial charge in [-0.25, -0.2) is 4.98 Å². The predicted octanol–water partition coefficient (Wildman–Crippen LogP) is 5.23. The molecule has 0 radical (unpaired) electrons. The van der Waals surface area contributed by atoms with E-state index >= 15 is 0 Å². The molecule has 0 saturated heterocycles. The number of benzene rings is 3. The smallest absolute Gasteiger partial charge is 0.257 e. The predicted molar refractivity (Wildman–Crippen MR) is 113 cm³/mol. The fourth-order valence-electron chi connectivity index (χ4n) is 2.92. The van der Waals surface area contributed by atoms with Crippen LogP contribution in [0.25, 0.3) is 22.0 Å². The molecule has 1 amide bonds. The van der Waals surface area contributed by atoms with Crippen molar-refractivity contribution in [2.24, 2.45) is 0 Å². The Labute approximate surface area is 166 Å². The molecule has 4 rings (SSSR count). The Morgan fingerprint density at radius 2 is 1.64 bits per heavy atom. The molecule has 1 aromatic heterocycles. The highest BCUT2D eigenvalue weighted by atomic mass is 32.1. The number of hydrogen-bond acceptors (Lipinski definition) is 5. The molecular weight excluding hydrogens is 372 g/mol. The lowest BCUT2D eigenvalue weighted by Crippen LogP contribution is -2.12. The van der Waals surface area contributed by atoms with Crippen LogP contribution in [-0.2, 0) is 0 Å². The van der Waals surface area contributed by atoms with Crippen LogP contribution in [0.3, 0.4) is 0 Å². The molecule has 28 heavy (non-hydrogen) atoms. The average molecular weight is 390 g/mol. The number of ether oxygens (including phenoxy) is 2. The second-order valence-corrected chi connectivity index (χ2v) is 7.01. The Morgan fingerprint density at radius 1 is 0.929 bits per heavy atom. The minimum atomic E-state index is -0.267. The van der Waals surface area contributed by atoms with Gasteiger partial charge in [0.25, 0.3) is 5.91 Å². The van der Waals surface area contributed by atoms with Gasteiger partial charge < -0.3 is 9.47 Å². The van der Waals surface area contributed by atoms with E-state index in [4.69, 9.17) is 9.47 Å². The van der Waals surface area contributed by atoms with Crippen LogP contribution in [0.4, 0.5) is 5.13 Å². The number of hydrogen-bond donors (Lipinski definition) is 1. The molecule has 0 fully saturated rings. The Kier molecular flexibility index (Phi) is 4.95. The van der Waals surface area contributed by atoms with Crippen molar-refractivity contribution in [1.82, 2.24) is 4.98 Å². The molecule has 0 aliphatic rings. The second-order valence-electron chi connectivity index (χ2n) is 6.16. The standard InChI is InChI=1S/C22H18N2O3S/c1-26-18-10-17(11-19(12-18)27-2)21(25)24-22-23-20(13-28-22)16-8-7-14-5-3-4-6-15(14)9-16/h3-13H,1-2H3,(H,23,24,25). The summed E-state index contributed by atoms with van der Waals surface area (Å²) in [5.74, 6) is 0.845. The normalized spacial score (nSPS) is 10.6. The topological polar surface area (TPSA) is 60.5 Å². The van der Waals surface area contributed by atoms with Crippen LogP contribution < -0.4 is 14.8 Å². The van der Waals surface area contributed by atoms with Gasteiger partial charge in [0.2, 0.25) is 0 Å². The summed E-state index contributed by atoms with van der Waals surface area (Å²) < 4.78 is 10.4. The number of anilines is 1. The first-order chi connectivity index (χ1) is 13.7. The number of rotatable bonds is 5. The molecule has 0 bridgehead atoms. The number of fused-ring (bicyclic) bond motifs is 1. The summed E-state index contributed by atoms with van der Waals surface area (Å²) in [4.78, 5) is 17.2. The molecule has 1 heterocycles. The molecule has 0 aliphatic carbocycles. The first kappa shape index (κ1) is 18.0. The van der Waals surface area contributed by atoms with Crippen molar-refractivity contribution >= 4 is 33.1 Å². The van der Waals surface area contributed by atoms with E-state index in [0.29, 0.717) is 22.2 Å². The minimum absolute atomic E-state index is 0.267. The van der Waals surface area contributed by atoms with Gasteiger partial charge in [-0.2, -0.15) is 0 Å². The second kappa shape index (κ2) is 7.70. The van der Waals surface area contributed by atoms with Crippen LogP contribution in [0.5, 0.6) is 11.5 Å². The van der Waals surface area contributed by atoms with E-state index in [1.807, 2.05) is 23.6 Å². The van der Waals surface area contributed by atoms with Crippen LogP contribution >= 0.6 is 11.3 Å². The van der Waals surface area contributed by atoms with E-state index in [1.165, 1.54) is 16.7 Å². The third-order valence-corrected chi connectivity index (χ3v) is 5.14. The molecule has 4 aromatic rings. The highest BCUT2D eigenvalue weighted by Crippen LogP contribution is 2.29. The van der Waals surface area contributed by atoms with Crippen molar-refractivity contribution in [1.29, 1.82) is 0 Å². The molecule has 6 heteroatoms. The number of aromatic nitrogens is 1. The number of amides is 1. The molecule has 0 aliphatic heterocycles. The number of thiazole rings is 1. The molecule has 0 atom stereocenters. The number of nitrogens with one attached hydrogen (secondary N) is 1. The van der Waals surface area contributed by atoms with E-state index in [1.54, 1.807) is 32.4 Å². The molecule has 0 spiro atoms. The van der Waals surface area contributed by atoms with Crippen LogP contribution in [0.1, 0.15) is 10.4 Å². The Balaban J connectivity index is 1.56. The monoisotopic (exact) mass is 390 g/mol. The van der Waals surface area contributed by atoms with E-state index < -0.39 is 0 Å².